The van der Waals surface area contributed by atoms with E-state index in [1.807, 2.05) is 36.4 Å². The number of hydrogen-bond donors (Lipinski definition) is 1. The monoisotopic (exact) mass is 467 g/mol. The third kappa shape index (κ3) is 5.75. The highest BCUT2D eigenvalue weighted by molar-refractivity contribution is 8.15. The van der Waals surface area contributed by atoms with Gasteiger partial charge in [-0.3, -0.25) is 14.5 Å². The number of amidine groups is 1. The minimum Gasteiger partial charge on any atom is -0.495 e. The Morgan fingerprint density at radius 1 is 1.24 bits per heavy atom. The zero-order valence-corrected chi connectivity index (χ0v) is 19.8. The van der Waals surface area contributed by atoms with Gasteiger partial charge in [-0.2, -0.15) is 0 Å². The number of aliphatic imine (C=N–C) groups is 1. The van der Waals surface area contributed by atoms with Gasteiger partial charge in [0, 0.05) is 13.0 Å². The zero-order chi connectivity index (χ0) is 23.2. The molecule has 7 nitrogen and oxygen atoms in total. The fourth-order valence-corrected chi connectivity index (χ4v) is 5.09. The molecule has 0 radical (unpaired) electrons. The van der Waals surface area contributed by atoms with Gasteiger partial charge in [0.15, 0.2) is 5.17 Å². The third-order valence-corrected chi connectivity index (χ3v) is 6.93. The summed E-state index contributed by atoms with van der Waals surface area (Å²) in [6.07, 6.45) is 2.93. The molecule has 0 aromatic heterocycles. The van der Waals surface area contributed by atoms with E-state index in [0.29, 0.717) is 23.1 Å². The van der Waals surface area contributed by atoms with Crippen molar-refractivity contribution in [3.8, 4) is 5.75 Å². The van der Waals surface area contributed by atoms with Crippen LogP contribution in [0.25, 0.3) is 0 Å². The van der Waals surface area contributed by atoms with Gasteiger partial charge in [-0.1, -0.05) is 43.0 Å². The number of rotatable bonds is 8. The first-order valence-electron chi connectivity index (χ1n) is 11.3. The number of ether oxygens (including phenoxy) is 2. The molecule has 1 N–H and O–H groups in total. The quantitative estimate of drug-likeness (QED) is 0.623. The van der Waals surface area contributed by atoms with Crippen molar-refractivity contribution >= 4 is 40.1 Å². The molecule has 2 aromatic carbocycles. The molecule has 2 heterocycles. The average molecular weight is 468 g/mol. The Labute approximate surface area is 198 Å². The predicted molar refractivity (Wildman–Crippen MR) is 131 cm³/mol. The van der Waals surface area contributed by atoms with Crippen LogP contribution in [0.5, 0.6) is 5.75 Å². The van der Waals surface area contributed by atoms with Crippen LogP contribution < -0.4 is 10.1 Å². The number of anilines is 1. The van der Waals surface area contributed by atoms with Gasteiger partial charge in [-0.05, 0) is 49.1 Å². The summed E-state index contributed by atoms with van der Waals surface area (Å²) >= 11 is 1.34. The molecule has 8 heteroatoms. The Bertz CT molecular complexity index is 1020. The van der Waals surface area contributed by atoms with Gasteiger partial charge < -0.3 is 14.8 Å². The third-order valence-electron chi connectivity index (χ3n) is 5.75. The van der Waals surface area contributed by atoms with Crippen LogP contribution >= 0.6 is 11.8 Å². The Morgan fingerprint density at radius 2 is 2.03 bits per heavy atom. The van der Waals surface area contributed by atoms with E-state index in [0.717, 1.165) is 31.6 Å². The lowest BCUT2D eigenvalue weighted by atomic mass is 10.1. The predicted octanol–water partition coefficient (Wildman–Crippen LogP) is 4.40. The van der Waals surface area contributed by atoms with E-state index in [1.165, 1.54) is 17.3 Å². The van der Waals surface area contributed by atoms with E-state index in [9.17, 15) is 9.59 Å². The first-order chi connectivity index (χ1) is 16.1. The summed E-state index contributed by atoms with van der Waals surface area (Å²) in [6, 6.07) is 15.2. The molecule has 0 bridgehead atoms. The first kappa shape index (κ1) is 23.3. The number of nitrogens with zero attached hydrogens (tertiary/aromatic N) is 2. The second kappa shape index (κ2) is 10.9. The van der Waals surface area contributed by atoms with Crippen molar-refractivity contribution in [1.82, 2.24) is 4.90 Å². The molecule has 4 rings (SSSR count). The smallest absolute Gasteiger partial charge is 0.242 e. The molecule has 2 fully saturated rings. The number of nitrogens with one attached hydrogen (secondary N) is 1. The molecule has 2 aromatic rings. The number of carbonyl (C=O) groups excluding carboxylic acids is 2. The Kier molecular flexibility index (Phi) is 7.67. The molecular formula is C25H29N3O4S. The number of amides is 2. The maximum atomic E-state index is 13.3. The second-order valence-corrected chi connectivity index (χ2v) is 9.23. The number of aryl methyl sites for hydroxylation is 1. The highest BCUT2D eigenvalue weighted by atomic mass is 32.2. The summed E-state index contributed by atoms with van der Waals surface area (Å²) < 4.78 is 11.1. The van der Waals surface area contributed by atoms with Gasteiger partial charge in [-0.25, -0.2) is 4.99 Å². The van der Waals surface area contributed by atoms with Crippen LogP contribution in [0.2, 0.25) is 0 Å². The molecule has 0 saturated carbocycles. The number of methoxy groups -OCH3 is 1. The fourth-order valence-electron chi connectivity index (χ4n) is 3.92. The van der Waals surface area contributed by atoms with Crippen molar-refractivity contribution in [3.63, 3.8) is 0 Å². The van der Waals surface area contributed by atoms with Crippen LogP contribution in [0.1, 0.15) is 31.7 Å². The molecular weight excluding hydrogens is 438 g/mol. The van der Waals surface area contributed by atoms with Crippen molar-refractivity contribution in [2.24, 2.45) is 4.99 Å². The van der Waals surface area contributed by atoms with E-state index in [1.54, 1.807) is 24.1 Å². The van der Waals surface area contributed by atoms with E-state index < -0.39 is 5.25 Å². The lowest BCUT2D eigenvalue weighted by molar-refractivity contribution is -0.129. The van der Waals surface area contributed by atoms with Crippen LogP contribution in [0, 0.1) is 0 Å². The molecule has 2 saturated heterocycles. The molecule has 33 heavy (non-hydrogen) atoms. The molecule has 174 valence electrons. The van der Waals surface area contributed by atoms with Crippen LogP contribution in [-0.4, -0.2) is 53.5 Å². The maximum Gasteiger partial charge on any atom is 0.242 e. The molecule has 0 spiro atoms. The maximum absolute atomic E-state index is 13.3. The van der Waals surface area contributed by atoms with Gasteiger partial charge in [0.05, 0.1) is 31.1 Å². The summed E-state index contributed by atoms with van der Waals surface area (Å²) in [4.78, 5) is 32.5. The van der Waals surface area contributed by atoms with E-state index in [-0.39, 0.29) is 24.3 Å². The van der Waals surface area contributed by atoms with Crippen LogP contribution in [0.4, 0.5) is 11.4 Å². The summed E-state index contributed by atoms with van der Waals surface area (Å²) in [5, 5.41) is 2.95. The van der Waals surface area contributed by atoms with Crippen molar-refractivity contribution in [1.29, 1.82) is 0 Å². The standard InChI is InChI=1S/C25H29N3O4S/c1-3-17-10-12-18(13-11-17)26-25-28(16-19-7-6-14-32-19)24(30)22(33-25)15-23(29)27-20-8-4-5-9-21(20)31-2/h4-5,8-13,19,22H,3,6-7,14-16H2,1-2H3,(H,27,29). The summed E-state index contributed by atoms with van der Waals surface area (Å²) in [6.45, 7) is 3.29. The zero-order valence-electron chi connectivity index (χ0n) is 19.0. The molecule has 2 amide bonds. The van der Waals surface area contributed by atoms with Crippen LogP contribution in [0.15, 0.2) is 53.5 Å². The number of thioether (sulfide) groups is 1. The van der Waals surface area contributed by atoms with Gasteiger partial charge in [0.1, 0.15) is 11.0 Å². The van der Waals surface area contributed by atoms with E-state index >= 15 is 0 Å². The summed E-state index contributed by atoms with van der Waals surface area (Å²) in [5.41, 5.74) is 2.61. The highest BCUT2D eigenvalue weighted by Crippen LogP contribution is 2.33. The van der Waals surface area contributed by atoms with Gasteiger partial charge in [-0.15, -0.1) is 0 Å². The normalized spacial score (nSPS) is 21.6. The lowest BCUT2D eigenvalue weighted by Crippen LogP contribution is -2.38. The Balaban J connectivity index is 1.50. The first-order valence-corrected chi connectivity index (χ1v) is 12.2. The molecule has 2 atom stereocenters. The van der Waals surface area contributed by atoms with Crippen LogP contribution in [0.3, 0.4) is 0 Å². The van der Waals surface area contributed by atoms with Gasteiger partial charge in [0.2, 0.25) is 11.8 Å². The molecule has 2 aliphatic rings. The van der Waals surface area contributed by atoms with Crippen molar-refractivity contribution < 1.29 is 19.1 Å². The highest BCUT2D eigenvalue weighted by Gasteiger charge is 2.40. The summed E-state index contributed by atoms with van der Waals surface area (Å²) in [7, 11) is 1.56. The number of hydrogen-bond acceptors (Lipinski definition) is 6. The second-order valence-electron chi connectivity index (χ2n) is 8.06. The SMILES string of the molecule is CCc1ccc(N=C2SC(CC(=O)Nc3ccccc3OC)C(=O)N2CC2CCCO2)cc1. The minimum absolute atomic E-state index is 0.00312. The number of benzene rings is 2. The minimum atomic E-state index is -0.533. The molecule has 2 unspecified atom stereocenters. The van der Waals surface area contributed by atoms with Gasteiger partial charge >= 0.3 is 0 Å². The fraction of sp³-hybridized carbons (Fsp3) is 0.400. The van der Waals surface area contributed by atoms with Gasteiger partial charge in [0.25, 0.3) is 0 Å². The number of carbonyl (C=O) groups is 2. The van der Waals surface area contributed by atoms with Crippen molar-refractivity contribution in [3.05, 3.63) is 54.1 Å². The summed E-state index contributed by atoms with van der Waals surface area (Å²) in [5.74, 6) is 0.236. The molecule has 2 aliphatic heterocycles. The van der Waals surface area contributed by atoms with Crippen molar-refractivity contribution in [2.75, 3.05) is 25.6 Å². The average Bonchev–Trinajstić information content (AvgIpc) is 3.44. The van der Waals surface area contributed by atoms with Crippen LogP contribution in [-0.2, 0) is 20.7 Å². The van der Waals surface area contributed by atoms with E-state index in [2.05, 4.69) is 12.2 Å². The Morgan fingerprint density at radius 3 is 2.73 bits per heavy atom. The molecule has 0 aliphatic carbocycles. The largest absolute Gasteiger partial charge is 0.495 e. The van der Waals surface area contributed by atoms with E-state index in [4.69, 9.17) is 14.5 Å². The topological polar surface area (TPSA) is 80.2 Å². The van der Waals surface area contributed by atoms with Crippen molar-refractivity contribution in [2.45, 2.75) is 44.0 Å². The number of para-hydroxylation sites is 2. The Hall–Kier alpha value is -2.84. The lowest BCUT2D eigenvalue weighted by Gasteiger charge is -2.20.